The first-order valence-electron chi connectivity index (χ1n) is 5.03. The number of carbonyl (C=O) groups excluding carboxylic acids is 1. The van der Waals surface area contributed by atoms with Crippen molar-refractivity contribution in [1.29, 1.82) is 0 Å². The summed E-state index contributed by atoms with van der Waals surface area (Å²) in [7, 11) is 0. The summed E-state index contributed by atoms with van der Waals surface area (Å²) in [6.45, 7) is 3.83. The fourth-order valence-corrected chi connectivity index (χ4v) is 1.41. The monoisotopic (exact) mass is 222 g/mol. The molecule has 0 heterocycles. The molecular weight excluding hydrogens is 208 g/mol. The van der Waals surface area contributed by atoms with Crippen LogP contribution >= 0.6 is 0 Å². The Morgan fingerprint density at radius 3 is 2.62 bits per heavy atom. The second-order valence-electron chi connectivity index (χ2n) is 3.45. The molecule has 16 heavy (non-hydrogen) atoms. The van der Waals surface area contributed by atoms with E-state index in [-0.39, 0.29) is 13.0 Å². The van der Waals surface area contributed by atoms with E-state index in [1.54, 1.807) is 25.1 Å². The number of aryl methyl sites for hydroxylation is 1. The van der Waals surface area contributed by atoms with E-state index in [9.17, 15) is 9.59 Å². The summed E-state index contributed by atoms with van der Waals surface area (Å²) in [5, 5.41) is 8.72. The fourth-order valence-electron chi connectivity index (χ4n) is 1.41. The number of hydrogen-bond donors (Lipinski definition) is 1. The molecule has 0 fully saturated rings. The van der Waals surface area contributed by atoms with Gasteiger partial charge in [0.25, 0.3) is 0 Å². The molecule has 0 aliphatic heterocycles. The van der Waals surface area contributed by atoms with Gasteiger partial charge in [-0.1, -0.05) is 17.7 Å². The van der Waals surface area contributed by atoms with Gasteiger partial charge >= 0.3 is 11.9 Å². The van der Waals surface area contributed by atoms with Crippen molar-refractivity contribution in [1.82, 2.24) is 0 Å². The molecular formula is C12H14O4. The Kier molecular flexibility index (Phi) is 4.05. The van der Waals surface area contributed by atoms with Gasteiger partial charge in [0.2, 0.25) is 0 Å². The van der Waals surface area contributed by atoms with Gasteiger partial charge in [0.1, 0.15) is 0 Å². The first kappa shape index (κ1) is 12.2. The van der Waals surface area contributed by atoms with Gasteiger partial charge in [-0.2, -0.15) is 0 Å². The molecule has 0 spiro atoms. The van der Waals surface area contributed by atoms with Gasteiger partial charge in [-0.3, -0.25) is 4.79 Å². The highest BCUT2D eigenvalue weighted by molar-refractivity contribution is 5.92. The van der Waals surface area contributed by atoms with Gasteiger partial charge in [-0.25, -0.2) is 4.79 Å². The van der Waals surface area contributed by atoms with Crippen molar-refractivity contribution in [2.24, 2.45) is 0 Å². The number of rotatable bonds is 4. The standard InChI is InChI=1S/C12H14O4/c1-3-16-12(15)10-6-8(2)4-5-9(10)7-11(13)14/h4-6H,3,7H2,1-2H3,(H,13,14). The molecule has 0 radical (unpaired) electrons. The van der Waals surface area contributed by atoms with E-state index in [4.69, 9.17) is 9.84 Å². The van der Waals surface area contributed by atoms with Crippen molar-refractivity contribution in [2.75, 3.05) is 6.61 Å². The van der Waals surface area contributed by atoms with Gasteiger partial charge < -0.3 is 9.84 Å². The first-order valence-corrected chi connectivity index (χ1v) is 5.03. The predicted molar refractivity (Wildman–Crippen MR) is 58.5 cm³/mol. The smallest absolute Gasteiger partial charge is 0.338 e. The molecule has 0 amide bonds. The second kappa shape index (κ2) is 5.30. The number of carbonyl (C=O) groups is 2. The maximum Gasteiger partial charge on any atom is 0.338 e. The average Bonchev–Trinajstić information content (AvgIpc) is 2.20. The van der Waals surface area contributed by atoms with Crippen LogP contribution in [0, 0.1) is 6.92 Å². The minimum absolute atomic E-state index is 0.172. The number of carboxylic acids is 1. The van der Waals surface area contributed by atoms with Gasteiger partial charge in [0.05, 0.1) is 18.6 Å². The van der Waals surface area contributed by atoms with Crippen LogP contribution in [0.2, 0.25) is 0 Å². The topological polar surface area (TPSA) is 63.6 Å². The van der Waals surface area contributed by atoms with Crippen LogP contribution < -0.4 is 0 Å². The molecule has 4 nitrogen and oxygen atoms in total. The molecule has 1 rings (SSSR count). The van der Waals surface area contributed by atoms with Gasteiger partial charge in [0.15, 0.2) is 0 Å². The van der Waals surface area contributed by atoms with E-state index >= 15 is 0 Å². The zero-order chi connectivity index (χ0) is 12.1. The molecule has 0 aromatic heterocycles. The van der Waals surface area contributed by atoms with Crippen molar-refractivity contribution in [3.63, 3.8) is 0 Å². The minimum Gasteiger partial charge on any atom is -0.481 e. The van der Waals surface area contributed by atoms with Gasteiger partial charge in [-0.05, 0) is 25.5 Å². The summed E-state index contributed by atoms with van der Waals surface area (Å²) >= 11 is 0. The molecule has 0 saturated carbocycles. The van der Waals surface area contributed by atoms with Crippen molar-refractivity contribution < 1.29 is 19.4 Å². The summed E-state index contributed by atoms with van der Waals surface area (Å²) in [5.41, 5.74) is 1.72. The summed E-state index contributed by atoms with van der Waals surface area (Å²) < 4.78 is 4.87. The molecule has 0 bridgehead atoms. The Morgan fingerprint density at radius 1 is 1.38 bits per heavy atom. The first-order chi connectivity index (χ1) is 7.54. The highest BCUT2D eigenvalue weighted by atomic mass is 16.5. The molecule has 0 aliphatic carbocycles. The van der Waals surface area contributed by atoms with Crippen LogP contribution in [-0.2, 0) is 16.0 Å². The van der Waals surface area contributed by atoms with Crippen molar-refractivity contribution >= 4 is 11.9 Å². The van der Waals surface area contributed by atoms with E-state index in [1.165, 1.54) is 0 Å². The van der Waals surface area contributed by atoms with Crippen LogP contribution in [0.25, 0.3) is 0 Å². The quantitative estimate of drug-likeness (QED) is 0.789. The Morgan fingerprint density at radius 2 is 2.06 bits per heavy atom. The number of ether oxygens (including phenoxy) is 1. The molecule has 86 valence electrons. The highest BCUT2D eigenvalue weighted by Crippen LogP contribution is 2.14. The largest absolute Gasteiger partial charge is 0.481 e. The van der Waals surface area contributed by atoms with Crippen molar-refractivity contribution in [2.45, 2.75) is 20.3 Å². The highest BCUT2D eigenvalue weighted by Gasteiger charge is 2.14. The van der Waals surface area contributed by atoms with Crippen LogP contribution in [0.5, 0.6) is 0 Å². The van der Waals surface area contributed by atoms with Crippen molar-refractivity contribution in [3.8, 4) is 0 Å². The molecule has 0 aliphatic rings. The predicted octanol–water partition coefficient (Wildman–Crippen LogP) is 1.80. The van der Waals surface area contributed by atoms with Crippen LogP contribution in [0.3, 0.4) is 0 Å². The van der Waals surface area contributed by atoms with E-state index < -0.39 is 11.9 Å². The zero-order valence-electron chi connectivity index (χ0n) is 9.32. The molecule has 0 saturated heterocycles. The second-order valence-corrected chi connectivity index (χ2v) is 3.45. The zero-order valence-corrected chi connectivity index (χ0v) is 9.32. The number of carboxylic acid groups (broad SMARTS) is 1. The lowest BCUT2D eigenvalue weighted by atomic mass is 10.0. The maximum atomic E-state index is 11.6. The lowest BCUT2D eigenvalue weighted by molar-refractivity contribution is -0.136. The van der Waals surface area contributed by atoms with Crippen LogP contribution in [0.1, 0.15) is 28.4 Å². The third-order valence-corrected chi connectivity index (χ3v) is 2.10. The van der Waals surface area contributed by atoms with Gasteiger partial charge in [-0.15, -0.1) is 0 Å². The van der Waals surface area contributed by atoms with Crippen molar-refractivity contribution in [3.05, 3.63) is 34.9 Å². The fraction of sp³-hybridized carbons (Fsp3) is 0.333. The maximum absolute atomic E-state index is 11.6. The van der Waals surface area contributed by atoms with Crippen LogP contribution in [-0.4, -0.2) is 23.7 Å². The van der Waals surface area contributed by atoms with E-state index in [2.05, 4.69) is 0 Å². The molecule has 1 N–H and O–H groups in total. The molecule has 0 atom stereocenters. The number of benzene rings is 1. The van der Waals surface area contributed by atoms with Crippen LogP contribution in [0.4, 0.5) is 0 Å². The average molecular weight is 222 g/mol. The Bertz CT molecular complexity index is 409. The normalized spacial score (nSPS) is 9.88. The Labute approximate surface area is 93.9 Å². The molecule has 1 aromatic carbocycles. The number of hydrogen-bond acceptors (Lipinski definition) is 3. The Hall–Kier alpha value is -1.84. The molecule has 0 unspecified atom stereocenters. The van der Waals surface area contributed by atoms with Crippen LogP contribution in [0.15, 0.2) is 18.2 Å². The van der Waals surface area contributed by atoms with Gasteiger partial charge in [0, 0.05) is 0 Å². The Balaban J connectivity index is 3.07. The number of aliphatic carboxylic acids is 1. The molecule has 1 aromatic rings. The SMILES string of the molecule is CCOC(=O)c1cc(C)ccc1CC(=O)O. The summed E-state index contributed by atoms with van der Waals surface area (Å²) in [6, 6.07) is 5.08. The minimum atomic E-state index is -0.964. The third-order valence-electron chi connectivity index (χ3n) is 2.10. The number of esters is 1. The van der Waals surface area contributed by atoms with E-state index in [1.807, 2.05) is 6.92 Å². The third kappa shape index (κ3) is 3.08. The lowest BCUT2D eigenvalue weighted by Gasteiger charge is -2.08. The lowest BCUT2D eigenvalue weighted by Crippen LogP contribution is -2.11. The summed E-state index contributed by atoms with van der Waals surface area (Å²) in [4.78, 5) is 22.2. The summed E-state index contributed by atoms with van der Waals surface area (Å²) in [5.74, 6) is -1.43. The van der Waals surface area contributed by atoms with E-state index in [0.717, 1.165) is 5.56 Å². The summed E-state index contributed by atoms with van der Waals surface area (Å²) in [6.07, 6.45) is -0.172. The molecule has 4 heteroatoms. The van der Waals surface area contributed by atoms with E-state index in [0.29, 0.717) is 11.1 Å².